The van der Waals surface area contributed by atoms with Crippen LogP contribution in [0.15, 0.2) is 23.2 Å². The van der Waals surface area contributed by atoms with Gasteiger partial charge in [0.15, 0.2) is 5.96 Å². The molecule has 1 aliphatic heterocycles. The van der Waals surface area contributed by atoms with Gasteiger partial charge in [0.05, 0.1) is 18.2 Å². The zero-order chi connectivity index (χ0) is 15.9. The first kappa shape index (κ1) is 19.7. The first-order valence-corrected chi connectivity index (χ1v) is 7.85. The van der Waals surface area contributed by atoms with Gasteiger partial charge in [0.1, 0.15) is 5.82 Å². The van der Waals surface area contributed by atoms with E-state index in [1.54, 1.807) is 12.1 Å². The molecule has 23 heavy (non-hydrogen) atoms. The molecule has 0 aromatic heterocycles. The van der Waals surface area contributed by atoms with Gasteiger partial charge in [0, 0.05) is 25.2 Å². The lowest BCUT2D eigenvalue weighted by atomic mass is 10.00. The largest absolute Gasteiger partial charge is 0.357 e. The maximum absolute atomic E-state index is 13.9. The molecule has 1 fully saturated rings. The van der Waals surface area contributed by atoms with Crippen LogP contribution in [0.5, 0.6) is 0 Å². The number of nitrogens with zero attached hydrogens (tertiary/aromatic N) is 3. The molecular weight excluding hydrogens is 406 g/mol. The molecule has 0 amide bonds. The predicted octanol–water partition coefficient (Wildman–Crippen LogP) is 3.51. The Morgan fingerprint density at radius 1 is 1.43 bits per heavy atom. The van der Waals surface area contributed by atoms with Crippen LogP contribution in [-0.2, 0) is 6.54 Å². The molecule has 1 N–H and O–H groups in total. The van der Waals surface area contributed by atoms with Gasteiger partial charge in [0.25, 0.3) is 0 Å². The summed E-state index contributed by atoms with van der Waals surface area (Å²) in [5.74, 6) is 1.24. The summed E-state index contributed by atoms with van der Waals surface area (Å²) >= 11 is 0. The molecule has 0 saturated carbocycles. The molecule has 1 aliphatic rings. The number of aliphatic imine (C=N–C) groups is 1. The third-order valence-electron chi connectivity index (χ3n) is 4.00. The summed E-state index contributed by atoms with van der Waals surface area (Å²) in [6.45, 7) is 7.36. The van der Waals surface area contributed by atoms with Gasteiger partial charge in [-0.15, -0.1) is 24.0 Å². The van der Waals surface area contributed by atoms with Gasteiger partial charge in [-0.3, -0.25) is 0 Å². The van der Waals surface area contributed by atoms with Crippen molar-refractivity contribution < 1.29 is 4.39 Å². The highest BCUT2D eigenvalue weighted by Crippen LogP contribution is 2.16. The van der Waals surface area contributed by atoms with Crippen molar-refractivity contribution in [2.24, 2.45) is 10.9 Å². The van der Waals surface area contributed by atoms with Crippen molar-refractivity contribution in [3.8, 4) is 6.07 Å². The molecule has 6 heteroatoms. The van der Waals surface area contributed by atoms with Crippen molar-refractivity contribution in [1.82, 2.24) is 10.2 Å². The highest BCUT2D eigenvalue weighted by molar-refractivity contribution is 14.0. The van der Waals surface area contributed by atoms with E-state index in [1.165, 1.54) is 6.07 Å². The van der Waals surface area contributed by atoms with Gasteiger partial charge in [-0.05, 0) is 37.8 Å². The lowest BCUT2D eigenvalue weighted by Gasteiger charge is -2.33. The lowest BCUT2D eigenvalue weighted by molar-refractivity contribution is 0.273. The second-order valence-electron chi connectivity index (χ2n) is 5.76. The number of benzene rings is 1. The van der Waals surface area contributed by atoms with E-state index in [9.17, 15) is 4.39 Å². The molecule has 0 spiro atoms. The minimum absolute atomic E-state index is 0. The Bertz CT molecular complexity index is 574. The fraction of sp³-hybridized carbons (Fsp3) is 0.529. The van der Waals surface area contributed by atoms with Gasteiger partial charge in [-0.25, -0.2) is 9.38 Å². The Kier molecular flexibility index (Phi) is 8.31. The van der Waals surface area contributed by atoms with Crippen LogP contribution in [-0.4, -0.2) is 30.5 Å². The lowest BCUT2D eigenvalue weighted by Crippen LogP contribution is -2.45. The molecule has 2 rings (SSSR count). The average Bonchev–Trinajstić information content (AvgIpc) is 2.53. The molecule has 126 valence electrons. The van der Waals surface area contributed by atoms with E-state index in [2.05, 4.69) is 22.1 Å². The minimum Gasteiger partial charge on any atom is -0.357 e. The fourth-order valence-corrected chi connectivity index (χ4v) is 2.55. The van der Waals surface area contributed by atoms with Crippen molar-refractivity contribution in [2.75, 3.05) is 19.6 Å². The number of nitrogens with one attached hydrogen (secondary N) is 1. The van der Waals surface area contributed by atoms with E-state index in [-0.39, 0.29) is 36.3 Å². The molecule has 1 saturated heterocycles. The number of hydrogen-bond donors (Lipinski definition) is 1. The second kappa shape index (κ2) is 9.71. The quantitative estimate of drug-likeness (QED) is 0.454. The molecule has 1 aromatic carbocycles. The van der Waals surface area contributed by atoms with Crippen LogP contribution in [0.25, 0.3) is 0 Å². The van der Waals surface area contributed by atoms with Gasteiger partial charge >= 0.3 is 0 Å². The van der Waals surface area contributed by atoms with E-state index in [0.717, 1.165) is 44.4 Å². The number of hydrogen-bond acceptors (Lipinski definition) is 2. The first-order chi connectivity index (χ1) is 10.6. The summed E-state index contributed by atoms with van der Waals surface area (Å²) in [6, 6.07) is 6.47. The number of halogens is 2. The van der Waals surface area contributed by atoms with E-state index in [1.807, 2.05) is 13.0 Å². The molecular formula is C17H24FIN4. The van der Waals surface area contributed by atoms with Crippen molar-refractivity contribution >= 4 is 29.9 Å². The maximum Gasteiger partial charge on any atom is 0.194 e. The average molecular weight is 430 g/mol. The first-order valence-electron chi connectivity index (χ1n) is 7.85. The fourth-order valence-electron chi connectivity index (χ4n) is 2.55. The Hall–Kier alpha value is -1.36. The molecule has 0 radical (unpaired) electrons. The van der Waals surface area contributed by atoms with Crippen LogP contribution in [0.2, 0.25) is 0 Å². The van der Waals surface area contributed by atoms with Gasteiger partial charge in [-0.2, -0.15) is 5.26 Å². The minimum atomic E-state index is -0.370. The van der Waals surface area contributed by atoms with Crippen molar-refractivity contribution in [2.45, 2.75) is 33.2 Å². The van der Waals surface area contributed by atoms with E-state index >= 15 is 0 Å². The number of nitriles is 1. The Morgan fingerprint density at radius 2 is 2.13 bits per heavy atom. The zero-order valence-corrected chi connectivity index (χ0v) is 16.0. The van der Waals surface area contributed by atoms with Gasteiger partial charge in [0.2, 0.25) is 0 Å². The van der Waals surface area contributed by atoms with Crippen LogP contribution in [0.1, 0.15) is 37.8 Å². The topological polar surface area (TPSA) is 51.4 Å². The van der Waals surface area contributed by atoms with Crippen LogP contribution >= 0.6 is 24.0 Å². The number of likely N-dealkylation sites (tertiary alicyclic amines) is 1. The third kappa shape index (κ3) is 5.65. The SMILES string of the molecule is CCNC(=NCc1ccc(C#N)cc1F)N1CCC(C)CC1.I. The van der Waals surface area contributed by atoms with Gasteiger partial charge < -0.3 is 10.2 Å². The zero-order valence-electron chi connectivity index (χ0n) is 13.7. The van der Waals surface area contributed by atoms with Crippen LogP contribution in [0.3, 0.4) is 0 Å². The van der Waals surface area contributed by atoms with Crippen LogP contribution < -0.4 is 5.32 Å². The molecule has 0 bridgehead atoms. The highest BCUT2D eigenvalue weighted by Gasteiger charge is 2.18. The van der Waals surface area contributed by atoms with Crippen molar-refractivity contribution in [3.63, 3.8) is 0 Å². The Balaban J connectivity index is 0.00000264. The summed E-state index contributed by atoms with van der Waals surface area (Å²) in [6.07, 6.45) is 2.32. The maximum atomic E-state index is 13.9. The van der Waals surface area contributed by atoms with Crippen molar-refractivity contribution in [3.05, 3.63) is 35.1 Å². The standard InChI is InChI=1S/C17H23FN4.HI/c1-3-20-17(22-8-6-13(2)7-9-22)21-12-15-5-4-14(11-19)10-16(15)18;/h4-5,10,13H,3,6-9,12H2,1-2H3,(H,20,21);1H. The van der Waals surface area contributed by atoms with Crippen LogP contribution in [0.4, 0.5) is 4.39 Å². The van der Waals surface area contributed by atoms with Gasteiger partial charge in [-0.1, -0.05) is 13.0 Å². The molecule has 0 atom stereocenters. The number of rotatable bonds is 3. The second-order valence-corrected chi connectivity index (χ2v) is 5.76. The molecule has 4 nitrogen and oxygen atoms in total. The predicted molar refractivity (Wildman–Crippen MR) is 101 cm³/mol. The van der Waals surface area contributed by atoms with E-state index in [4.69, 9.17) is 5.26 Å². The summed E-state index contributed by atoms with van der Waals surface area (Å²) in [7, 11) is 0. The van der Waals surface area contributed by atoms with Crippen LogP contribution in [0, 0.1) is 23.1 Å². The molecule has 1 aromatic rings. The third-order valence-corrected chi connectivity index (χ3v) is 4.00. The van der Waals surface area contributed by atoms with E-state index in [0.29, 0.717) is 11.1 Å². The smallest absolute Gasteiger partial charge is 0.194 e. The monoisotopic (exact) mass is 430 g/mol. The summed E-state index contributed by atoms with van der Waals surface area (Å²) in [5.41, 5.74) is 0.849. The van der Waals surface area contributed by atoms with Crippen molar-refractivity contribution in [1.29, 1.82) is 5.26 Å². The highest BCUT2D eigenvalue weighted by atomic mass is 127. The molecule has 1 heterocycles. The number of piperidine rings is 1. The summed E-state index contributed by atoms with van der Waals surface area (Å²) in [4.78, 5) is 6.80. The van der Waals surface area contributed by atoms with E-state index < -0.39 is 0 Å². The number of guanidine groups is 1. The summed E-state index contributed by atoms with van der Waals surface area (Å²) in [5, 5.41) is 12.1. The normalized spacial score (nSPS) is 15.7. The molecule has 0 aliphatic carbocycles. The summed E-state index contributed by atoms with van der Waals surface area (Å²) < 4.78 is 13.9. The molecule has 0 unspecified atom stereocenters. The Morgan fingerprint density at radius 3 is 2.70 bits per heavy atom. The Labute approximate surface area is 154 Å².